The first-order valence-electron chi connectivity index (χ1n) is 6.44. The molecule has 0 bridgehead atoms. The molecule has 2 aromatic rings. The van der Waals surface area contributed by atoms with E-state index >= 15 is 0 Å². The lowest BCUT2D eigenvalue weighted by Crippen LogP contribution is -2.20. The van der Waals surface area contributed by atoms with Gasteiger partial charge in [0.1, 0.15) is 5.75 Å². The van der Waals surface area contributed by atoms with E-state index < -0.39 is 0 Å². The number of hydrogen-bond donors (Lipinski definition) is 1. The standard InChI is InChI=1S/C16H13Cl2NO3/c1-10(20)11-3-2-4-14(5-11)19-16(21)9-22-15-7-12(17)6-13(18)8-15/h2-8H,9H2,1H3,(H,19,21). The predicted octanol–water partition coefficient (Wildman–Crippen LogP) is 4.21. The minimum Gasteiger partial charge on any atom is -0.484 e. The topological polar surface area (TPSA) is 55.4 Å². The van der Waals surface area contributed by atoms with Gasteiger partial charge in [0.15, 0.2) is 12.4 Å². The normalized spacial score (nSPS) is 10.1. The molecule has 0 aliphatic rings. The van der Waals surface area contributed by atoms with Gasteiger partial charge in [0.25, 0.3) is 5.91 Å². The molecule has 2 aromatic carbocycles. The lowest BCUT2D eigenvalue weighted by atomic mass is 10.1. The monoisotopic (exact) mass is 337 g/mol. The molecule has 0 spiro atoms. The van der Waals surface area contributed by atoms with Crippen molar-refractivity contribution in [3.8, 4) is 5.75 Å². The lowest BCUT2D eigenvalue weighted by molar-refractivity contribution is -0.118. The second-order valence-corrected chi connectivity index (χ2v) is 5.45. The van der Waals surface area contributed by atoms with Gasteiger partial charge in [-0.25, -0.2) is 0 Å². The van der Waals surface area contributed by atoms with Crippen LogP contribution in [0.25, 0.3) is 0 Å². The molecule has 1 amide bonds. The third-order valence-electron chi connectivity index (χ3n) is 2.76. The van der Waals surface area contributed by atoms with E-state index in [9.17, 15) is 9.59 Å². The van der Waals surface area contributed by atoms with E-state index in [1.54, 1.807) is 42.5 Å². The molecule has 22 heavy (non-hydrogen) atoms. The summed E-state index contributed by atoms with van der Waals surface area (Å²) in [5.74, 6) is -0.0112. The number of hydrogen-bond acceptors (Lipinski definition) is 3. The number of halogens is 2. The largest absolute Gasteiger partial charge is 0.484 e. The number of amides is 1. The summed E-state index contributed by atoms with van der Waals surface area (Å²) < 4.78 is 5.33. The molecule has 0 heterocycles. The Hall–Kier alpha value is -2.04. The Morgan fingerprint density at radius 2 is 1.77 bits per heavy atom. The first-order chi connectivity index (χ1) is 10.4. The number of anilines is 1. The number of rotatable bonds is 5. The average Bonchev–Trinajstić information content (AvgIpc) is 2.44. The van der Waals surface area contributed by atoms with Crippen LogP contribution in [0.15, 0.2) is 42.5 Å². The van der Waals surface area contributed by atoms with Crippen LogP contribution >= 0.6 is 23.2 Å². The molecular formula is C16H13Cl2NO3. The van der Waals surface area contributed by atoms with Crippen molar-refractivity contribution in [2.45, 2.75) is 6.92 Å². The molecule has 6 heteroatoms. The fourth-order valence-corrected chi connectivity index (χ4v) is 2.28. The fraction of sp³-hybridized carbons (Fsp3) is 0.125. The molecule has 0 unspecified atom stereocenters. The van der Waals surface area contributed by atoms with E-state index in [1.165, 1.54) is 6.92 Å². The van der Waals surface area contributed by atoms with Gasteiger partial charge in [-0.3, -0.25) is 9.59 Å². The second kappa shape index (κ2) is 7.29. The van der Waals surface area contributed by atoms with Crippen LogP contribution in [-0.2, 0) is 4.79 Å². The third-order valence-corrected chi connectivity index (χ3v) is 3.20. The van der Waals surface area contributed by atoms with Gasteiger partial charge in [0.2, 0.25) is 0 Å². The van der Waals surface area contributed by atoms with E-state index in [0.29, 0.717) is 27.0 Å². The van der Waals surface area contributed by atoms with Crippen LogP contribution in [0, 0.1) is 0 Å². The Labute approximate surface area is 138 Å². The van der Waals surface area contributed by atoms with Crippen LogP contribution in [0.4, 0.5) is 5.69 Å². The summed E-state index contributed by atoms with van der Waals surface area (Å²) >= 11 is 11.7. The molecule has 0 aliphatic heterocycles. The number of Topliss-reactive ketones (excluding diaryl/α,β-unsaturated/α-hetero) is 1. The minimum absolute atomic E-state index is 0.0686. The van der Waals surface area contributed by atoms with Crippen molar-refractivity contribution in [3.05, 3.63) is 58.1 Å². The summed E-state index contributed by atoms with van der Waals surface area (Å²) in [5, 5.41) is 3.51. The Bertz CT molecular complexity index is 696. The number of carbonyl (C=O) groups is 2. The second-order valence-electron chi connectivity index (χ2n) is 4.58. The van der Waals surface area contributed by atoms with Crippen LogP contribution in [-0.4, -0.2) is 18.3 Å². The Morgan fingerprint density at radius 3 is 2.41 bits per heavy atom. The van der Waals surface area contributed by atoms with Crippen LogP contribution in [0.5, 0.6) is 5.75 Å². The summed E-state index contributed by atoms with van der Waals surface area (Å²) in [7, 11) is 0. The van der Waals surface area contributed by atoms with Gasteiger partial charge in [-0.05, 0) is 37.3 Å². The van der Waals surface area contributed by atoms with Crippen molar-refractivity contribution in [1.82, 2.24) is 0 Å². The molecule has 0 aromatic heterocycles. The Morgan fingerprint density at radius 1 is 1.09 bits per heavy atom. The van der Waals surface area contributed by atoms with Gasteiger partial charge in [-0.2, -0.15) is 0 Å². The maximum atomic E-state index is 11.8. The number of benzene rings is 2. The summed E-state index contributed by atoms with van der Waals surface area (Å²) in [6.45, 7) is 1.27. The molecule has 0 atom stereocenters. The average molecular weight is 338 g/mol. The molecular weight excluding hydrogens is 325 g/mol. The summed E-state index contributed by atoms with van der Waals surface area (Å²) in [6.07, 6.45) is 0. The fourth-order valence-electron chi connectivity index (χ4n) is 1.77. The zero-order valence-corrected chi connectivity index (χ0v) is 13.2. The summed E-state index contributed by atoms with van der Waals surface area (Å²) in [5.41, 5.74) is 1.06. The van der Waals surface area contributed by atoms with Crippen LogP contribution in [0.2, 0.25) is 10.0 Å². The van der Waals surface area contributed by atoms with Gasteiger partial charge >= 0.3 is 0 Å². The highest BCUT2D eigenvalue weighted by Gasteiger charge is 2.07. The molecule has 0 fully saturated rings. The van der Waals surface area contributed by atoms with E-state index in [4.69, 9.17) is 27.9 Å². The maximum absolute atomic E-state index is 11.8. The molecule has 1 N–H and O–H groups in total. The van der Waals surface area contributed by atoms with Crippen LogP contribution < -0.4 is 10.1 Å². The zero-order valence-electron chi connectivity index (χ0n) is 11.7. The molecule has 4 nitrogen and oxygen atoms in total. The zero-order chi connectivity index (χ0) is 16.1. The number of ether oxygens (including phenoxy) is 1. The highest BCUT2D eigenvalue weighted by Crippen LogP contribution is 2.24. The van der Waals surface area contributed by atoms with Gasteiger partial charge < -0.3 is 10.1 Å². The van der Waals surface area contributed by atoms with Gasteiger partial charge in [-0.1, -0.05) is 35.3 Å². The maximum Gasteiger partial charge on any atom is 0.262 e. The quantitative estimate of drug-likeness (QED) is 0.831. The van der Waals surface area contributed by atoms with E-state index in [2.05, 4.69) is 5.32 Å². The van der Waals surface area contributed by atoms with Crippen LogP contribution in [0.3, 0.4) is 0 Å². The molecule has 2 rings (SSSR count). The number of ketones is 1. The number of nitrogens with one attached hydrogen (secondary N) is 1. The molecule has 0 radical (unpaired) electrons. The predicted molar refractivity (Wildman–Crippen MR) is 87.0 cm³/mol. The lowest BCUT2D eigenvalue weighted by Gasteiger charge is -2.09. The van der Waals surface area contributed by atoms with Crippen molar-refractivity contribution in [1.29, 1.82) is 0 Å². The molecule has 114 valence electrons. The first-order valence-corrected chi connectivity index (χ1v) is 7.19. The summed E-state index contributed by atoms with van der Waals surface area (Å²) in [4.78, 5) is 23.1. The van der Waals surface area contributed by atoms with Crippen molar-refractivity contribution < 1.29 is 14.3 Å². The molecule has 0 aliphatic carbocycles. The van der Waals surface area contributed by atoms with Crippen molar-refractivity contribution in [2.75, 3.05) is 11.9 Å². The van der Waals surface area contributed by atoms with Crippen molar-refractivity contribution in [3.63, 3.8) is 0 Å². The van der Waals surface area contributed by atoms with Gasteiger partial charge in [-0.15, -0.1) is 0 Å². The Kier molecular flexibility index (Phi) is 5.41. The SMILES string of the molecule is CC(=O)c1cccc(NC(=O)COc2cc(Cl)cc(Cl)c2)c1. The first kappa shape index (κ1) is 16.3. The summed E-state index contributed by atoms with van der Waals surface area (Å²) in [6, 6.07) is 11.4. The third kappa shape index (κ3) is 4.76. The van der Waals surface area contributed by atoms with Crippen molar-refractivity contribution in [2.24, 2.45) is 0 Å². The smallest absolute Gasteiger partial charge is 0.262 e. The highest BCUT2D eigenvalue weighted by molar-refractivity contribution is 6.34. The van der Waals surface area contributed by atoms with Crippen molar-refractivity contribution >= 4 is 40.6 Å². The molecule has 0 saturated heterocycles. The van der Waals surface area contributed by atoms with Gasteiger partial charge in [0, 0.05) is 21.3 Å². The van der Waals surface area contributed by atoms with E-state index in [-0.39, 0.29) is 18.3 Å². The number of carbonyl (C=O) groups excluding carboxylic acids is 2. The Balaban J connectivity index is 1.95. The highest BCUT2D eigenvalue weighted by atomic mass is 35.5. The molecule has 0 saturated carbocycles. The minimum atomic E-state index is -0.350. The van der Waals surface area contributed by atoms with Crippen LogP contribution in [0.1, 0.15) is 17.3 Å². The van der Waals surface area contributed by atoms with E-state index in [0.717, 1.165) is 0 Å². The van der Waals surface area contributed by atoms with Gasteiger partial charge in [0.05, 0.1) is 0 Å². The van der Waals surface area contributed by atoms with E-state index in [1.807, 2.05) is 0 Å².